The van der Waals surface area contributed by atoms with Crippen molar-refractivity contribution in [1.82, 2.24) is 15.1 Å². The predicted octanol–water partition coefficient (Wildman–Crippen LogP) is 6.20. The van der Waals surface area contributed by atoms with E-state index in [0.29, 0.717) is 12.0 Å². The number of aryl methyl sites for hydroxylation is 1. The minimum Gasteiger partial charge on any atom is -0.494 e. The molecule has 0 radical (unpaired) electrons. The van der Waals surface area contributed by atoms with Gasteiger partial charge in [-0.2, -0.15) is 18.2 Å². The second-order valence-electron chi connectivity index (χ2n) is 8.63. The van der Waals surface area contributed by atoms with Gasteiger partial charge in [0, 0.05) is 33.6 Å². The Bertz CT molecular complexity index is 1410. The summed E-state index contributed by atoms with van der Waals surface area (Å²) in [6.45, 7) is 2.14. The number of benzene rings is 2. The first kappa shape index (κ1) is 22.9. The second kappa shape index (κ2) is 8.75. The van der Waals surface area contributed by atoms with E-state index < -0.39 is 17.7 Å². The lowest BCUT2D eigenvalue weighted by atomic mass is 10.0. The number of aliphatic carboxylic acids is 1. The first-order valence-corrected chi connectivity index (χ1v) is 11.3. The van der Waals surface area contributed by atoms with Gasteiger partial charge in [-0.05, 0) is 61.2 Å². The molecule has 1 aliphatic carbocycles. The van der Waals surface area contributed by atoms with Gasteiger partial charge in [-0.15, -0.1) is 0 Å². The average Bonchev–Trinajstić information content (AvgIpc) is 3.53. The maximum atomic E-state index is 13.4. The van der Waals surface area contributed by atoms with Gasteiger partial charge in [-0.3, -0.25) is 4.79 Å². The summed E-state index contributed by atoms with van der Waals surface area (Å²) in [5.41, 5.74) is 2.80. The van der Waals surface area contributed by atoms with Gasteiger partial charge < -0.3 is 19.4 Å². The van der Waals surface area contributed by atoms with Gasteiger partial charge in [0.25, 0.3) is 5.89 Å². The van der Waals surface area contributed by atoms with Crippen molar-refractivity contribution in [2.75, 3.05) is 6.61 Å². The number of nitrogens with one attached hydrogen (secondary N) is 1. The molecule has 0 fully saturated rings. The topological polar surface area (TPSA) is 101 Å². The van der Waals surface area contributed by atoms with E-state index >= 15 is 0 Å². The Morgan fingerprint density at radius 2 is 2.06 bits per heavy atom. The van der Waals surface area contributed by atoms with Crippen LogP contribution >= 0.6 is 0 Å². The summed E-state index contributed by atoms with van der Waals surface area (Å²) < 4.78 is 51.0. The molecule has 5 rings (SSSR count). The number of rotatable bonds is 7. The molecule has 0 bridgehead atoms. The minimum absolute atomic E-state index is 0.0478. The number of carboxylic acids is 1. The number of aromatic nitrogens is 3. The van der Waals surface area contributed by atoms with Crippen LogP contribution in [0.4, 0.5) is 13.2 Å². The lowest BCUT2D eigenvalue weighted by Gasteiger charge is -2.11. The van der Waals surface area contributed by atoms with Crippen molar-refractivity contribution >= 4 is 16.9 Å². The number of H-pyrrole nitrogens is 1. The van der Waals surface area contributed by atoms with E-state index in [1.807, 2.05) is 19.1 Å². The van der Waals surface area contributed by atoms with E-state index in [2.05, 4.69) is 15.1 Å². The molecule has 2 heterocycles. The maximum absolute atomic E-state index is 13.4. The number of ether oxygens (including phenoxy) is 1. The fraction of sp³-hybridized carbons (Fsp3) is 0.320. The molecule has 0 saturated carbocycles. The number of halogens is 3. The molecule has 1 aliphatic rings. The van der Waals surface area contributed by atoms with Gasteiger partial charge in [-0.25, -0.2) is 0 Å². The molecule has 2 aromatic carbocycles. The second-order valence-corrected chi connectivity index (χ2v) is 8.63. The Kier molecular flexibility index (Phi) is 5.74. The number of nitrogens with zero attached hydrogens (tertiary/aromatic N) is 2. The van der Waals surface area contributed by atoms with E-state index in [9.17, 15) is 23.1 Å². The van der Waals surface area contributed by atoms with Crippen LogP contribution in [0.25, 0.3) is 33.7 Å². The third-order valence-corrected chi connectivity index (χ3v) is 6.15. The van der Waals surface area contributed by atoms with Crippen molar-refractivity contribution in [2.24, 2.45) is 0 Å². The van der Waals surface area contributed by atoms with Crippen LogP contribution in [0.2, 0.25) is 0 Å². The molecule has 4 aromatic rings. The van der Waals surface area contributed by atoms with Crippen molar-refractivity contribution < 1.29 is 32.3 Å². The molecule has 35 heavy (non-hydrogen) atoms. The summed E-state index contributed by atoms with van der Waals surface area (Å²) in [6.07, 6.45) is -2.31. The minimum atomic E-state index is -4.55. The molecule has 1 unspecified atom stereocenters. The molecule has 10 heteroatoms. The molecule has 0 spiro atoms. The fourth-order valence-corrected chi connectivity index (χ4v) is 4.55. The number of alkyl halides is 3. The molecule has 182 valence electrons. The van der Waals surface area contributed by atoms with Gasteiger partial charge in [0.2, 0.25) is 5.82 Å². The molecule has 2 N–H and O–H groups in total. The zero-order valence-corrected chi connectivity index (χ0v) is 18.8. The van der Waals surface area contributed by atoms with Crippen LogP contribution in [-0.2, 0) is 17.4 Å². The number of carboxylic acid groups (broad SMARTS) is 1. The van der Waals surface area contributed by atoms with E-state index in [1.54, 1.807) is 6.07 Å². The Balaban J connectivity index is 1.49. The highest BCUT2D eigenvalue weighted by Gasteiger charge is 2.32. The van der Waals surface area contributed by atoms with Gasteiger partial charge >= 0.3 is 12.1 Å². The maximum Gasteiger partial charge on any atom is 0.416 e. The van der Waals surface area contributed by atoms with Crippen molar-refractivity contribution in [3.8, 4) is 28.6 Å². The van der Waals surface area contributed by atoms with Crippen LogP contribution in [0.3, 0.4) is 0 Å². The Labute approximate surface area is 197 Å². The van der Waals surface area contributed by atoms with Crippen LogP contribution in [0.15, 0.2) is 40.9 Å². The van der Waals surface area contributed by atoms with Crippen molar-refractivity contribution in [3.63, 3.8) is 0 Å². The molecule has 0 aliphatic heterocycles. The lowest BCUT2D eigenvalue weighted by Crippen LogP contribution is -2.06. The number of fused-ring (bicyclic) bond motifs is 3. The van der Waals surface area contributed by atoms with Crippen molar-refractivity contribution in [3.05, 3.63) is 53.2 Å². The van der Waals surface area contributed by atoms with Crippen LogP contribution in [-0.4, -0.2) is 32.8 Å². The van der Waals surface area contributed by atoms with Crippen molar-refractivity contribution in [2.45, 2.75) is 44.7 Å². The van der Waals surface area contributed by atoms with Crippen LogP contribution in [0.5, 0.6) is 5.75 Å². The van der Waals surface area contributed by atoms with Crippen LogP contribution in [0, 0.1) is 0 Å². The summed E-state index contributed by atoms with van der Waals surface area (Å²) in [5, 5.41) is 14.1. The lowest BCUT2D eigenvalue weighted by molar-refractivity contribution is -0.138. The van der Waals surface area contributed by atoms with Gasteiger partial charge in [0.05, 0.1) is 18.6 Å². The van der Waals surface area contributed by atoms with Crippen molar-refractivity contribution in [1.29, 1.82) is 0 Å². The first-order chi connectivity index (χ1) is 16.7. The number of hydrogen-bond acceptors (Lipinski definition) is 5. The van der Waals surface area contributed by atoms with E-state index in [1.165, 1.54) is 6.07 Å². The summed E-state index contributed by atoms with van der Waals surface area (Å²) in [4.78, 5) is 18.9. The number of carbonyl (C=O) groups is 1. The van der Waals surface area contributed by atoms with E-state index in [-0.39, 0.29) is 42.0 Å². The Morgan fingerprint density at radius 1 is 1.23 bits per heavy atom. The highest BCUT2D eigenvalue weighted by atomic mass is 19.4. The molecule has 2 aromatic heterocycles. The quantitative estimate of drug-likeness (QED) is 0.323. The zero-order chi connectivity index (χ0) is 24.7. The fourth-order valence-electron chi connectivity index (χ4n) is 4.55. The summed E-state index contributed by atoms with van der Waals surface area (Å²) >= 11 is 0. The normalized spacial score (nSPS) is 15.5. The molecule has 0 saturated heterocycles. The Hall–Kier alpha value is -3.82. The standard InChI is InChI=1S/C25H22F3N3O4/c1-2-7-34-17-9-15(8-16(12-17)25(26,27)28)24-30-23(31-35-24)14-4-6-20-19(10-14)18-5-3-13(11-21(32)33)22(18)29-20/h4,6,8-10,12-13,29H,2-3,5,7,11H2,1H3,(H,32,33). The van der Waals surface area contributed by atoms with E-state index in [0.717, 1.165) is 47.1 Å². The first-order valence-electron chi connectivity index (χ1n) is 11.3. The highest BCUT2D eigenvalue weighted by molar-refractivity contribution is 5.89. The molecule has 7 nitrogen and oxygen atoms in total. The molecule has 0 amide bonds. The van der Waals surface area contributed by atoms with Crippen LogP contribution in [0.1, 0.15) is 48.9 Å². The number of hydrogen-bond donors (Lipinski definition) is 2. The molecule has 1 atom stereocenters. The zero-order valence-electron chi connectivity index (χ0n) is 18.8. The monoisotopic (exact) mass is 485 g/mol. The molecular formula is C25H22F3N3O4. The summed E-state index contributed by atoms with van der Waals surface area (Å²) in [7, 11) is 0. The Morgan fingerprint density at radius 3 is 2.80 bits per heavy atom. The largest absolute Gasteiger partial charge is 0.494 e. The van der Waals surface area contributed by atoms with E-state index in [4.69, 9.17) is 9.26 Å². The molecular weight excluding hydrogens is 463 g/mol. The van der Waals surface area contributed by atoms with Gasteiger partial charge in [-0.1, -0.05) is 12.1 Å². The highest BCUT2D eigenvalue weighted by Crippen LogP contribution is 2.41. The average molecular weight is 485 g/mol. The SMILES string of the molecule is CCCOc1cc(-c2nc(-c3ccc4[nH]c5c(c4c3)CCC5CC(=O)O)no2)cc(C(F)(F)F)c1. The van der Waals surface area contributed by atoms with Crippen LogP contribution < -0.4 is 4.74 Å². The summed E-state index contributed by atoms with van der Waals surface area (Å²) in [6, 6.07) is 8.90. The van der Waals surface area contributed by atoms with Gasteiger partial charge in [0.1, 0.15) is 5.75 Å². The number of aromatic amines is 1. The predicted molar refractivity (Wildman–Crippen MR) is 121 cm³/mol. The third-order valence-electron chi connectivity index (χ3n) is 6.15. The van der Waals surface area contributed by atoms with Gasteiger partial charge in [0.15, 0.2) is 0 Å². The summed E-state index contributed by atoms with van der Waals surface area (Å²) in [5.74, 6) is -0.616. The third kappa shape index (κ3) is 4.48. The smallest absolute Gasteiger partial charge is 0.416 e.